The van der Waals surface area contributed by atoms with E-state index >= 15 is 0 Å². The minimum atomic E-state index is -4.27. The number of benzene rings is 1. The number of carbonyl (C=O) groups is 1. The number of likely N-dealkylation sites (tertiary alicyclic amines) is 1. The van der Waals surface area contributed by atoms with Crippen molar-refractivity contribution in [2.75, 3.05) is 13.1 Å². The Kier molecular flexibility index (Phi) is 4.96. The van der Waals surface area contributed by atoms with Crippen LogP contribution in [0.5, 0.6) is 0 Å². The highest BCUT2D eigenvalue weighted by Crippen LogP contribution is 2.33. The molecule has 0 saturated carbocycles. The Hall–Kier alpha value is -2.51. The maximum atomic E-state index is 12.8. The molecule has 1 aromatic carbocycles. The third kappa shape index (κ3) is 4.32. The number of aromatic nitrogens is 1. The number of nitrogens with zero attached hydrogens (tertiary/aromatic N) is 2. The summed E-state index contributed by atoms with van der Waals surface area (Å²) in [6.07, 6.45) is -3.86. The van der Waals surface area contributed by atoms with Gasteiger partial charge >= 0.3 is 12.2 Å². The van der Waals surface area contributed by atoms with Gasteiger partial charge in [0, 0.05) is 24.7 Å². The van der Waals surface area contributed by atoms with Crippen molar-refractivity contribution in [2.45, 2.75) is 25.6 Å². The van der Waals surface area contributed by atoms with Crippen LogP contribution in [0.1, 0.15) is 18.6 Å². The fraction of sp³-hybridized carbons (Fsp3) is 0.412. The second-order valence-electron chi connectivity index (χ2n) is 6.03. The summed E-state index contributed by atoms with van der Waals surface area (Å²) in [7, 11) is 0. The van der Waals surface area contributed by atoms with Gasteiger partial charge in [-0.2, -0.15) is 13.2 Å². The van der Waals surface area contributed by atoms with Crippen molar-refractivity contribution >= 4 is 6.03 Å². The summed E-state index contributed by atoms with van der Waals surface area (Å²) in [5.41, 5.74) is 1.52. The van der Waals surface area contributed by atoms with Gasteiger partial charge in [-0.05, 0) is 12.8 Å². The molecule has 1 aliphatic rings. The zero-order valence-corrected chi connectivity index (χ0v) is 13.4. The molecular weight excluding hydrogens is 335 g/mol. The van der Waals surface area contributed by atoms with Crippen LogP contribution in [0, 0.1) is 5.92 Å². The van der Waals surface area contributed by atoms with Crippen LogP contribution < -0.4 is 5.32 Å². The standard InChI is InChI=1S/C17H18F3N3O2/c18-17(19,20)13-7-4-8-23(11-13)16(24)21-10-14-9-15(22-25-14)12-5-2-1-3-6-12/h1-3,5-6,9,13H,4,7-8,10-11H2,(H,21,24)/t13-/m0/s1. The third-order valence-corrected chi connectivity index (χ3v) is 4.21. The average molecular weight is 353 g/mol. The van der Waals surface area contributed by atoms with E-state index in [4.69, 9.17) is 4.52 Å². The summed E-state index contributed by atoms with van der Waals surface area (Å²) in [4.78, 5) is 13.3. The van der Waals surface area contributed by atoms with Crippen molar-refractivity contribution in [2.24, 2.45) is 5.92 Å². The fourth-order valence-electron chi connectivity index (χ4n) is 2.84. The zero-order chi connectivity index (χ0) is 17.9. The van der Waals surface area contributed by atoms with Crippen LogP contribution in [0.2, 0.25) is 0 Å². The van der Waals surface area contributed by atoms with E-state index in [0.717, 1.165) is 5.56 Å². The maximum absolute atomic E-state index is 12.8. The Balaban J connectivity index is 1.55. The van der Waals surface area contributed by atoms with Crippen molar-refractivity contribution in [3.63, 3.8) is 0 Å². The monoisotopic (exact) mass is 353 g/mol. The van der Waals surface area contributed by atoms with E-state index in [2.05, 4.69) is 10.5 Å². The van der Waals surface area contributed by atoms with Crippen molar-refractivity contribution < 1.29 is 22.5 Å². The highest BCUT2D eigenvalue weighted by molar-refractivity contribution is 5.74. The minimum absolute atomic E-state index is 0.0653. The number of amides is 2. The molecule has 0 radical (unpaired) electrons. The number of nitrogens with one attached hydrogen (secondary N) is 1. The number of alkyl halides is 3. The number of carbonyl (C=O) groups excluding carboxylic acids is 1. The van der Waals surface area contributed by atoms with Crippen molar-refractivity contribution in [3.8, 4) is 11.3 Å². The van der Waals surface area contributed by atoms with Crippen LogP contribution in [-0.4, -0.2) is 35.4 Å². The summed E-state index contributed by atoms with van der Waals surface area (Å²) in [6, 6.07) is 10.6. The number of hydrogen-bond acceptors (Lipinski definition) is 3. The van der Waals surface area contributed by atoms with Crippen LogP contribution in [0.25, 0.3) is 11.3 Å². The van der Waals surface area contributed by atoms with Gasteiger partial charge in [-0.15, -0.1) is 0 Å². The fourth-order valence-corrected chi connectivity index (χ4v) is 2.84. The lowest BCUT2D eigenvalue weighted by Gasteiger charge is -2.33. The Morgan fingerprint density at radius 2 is 2.08 bits per heavy atom. The van der Waals surface area contributed by atoms with E-state index in [0.29, 0.717) is 24.4 Å². The van der Waals surface area contributed by atoms with Gasteiger partial charge in [0.05, 0.1) is 12.5 Å². The van der Waals surface area contributed by atoms with Crippen molar-refractivity contribution in [1.29, 1.82) is 0 Å². The number of halogens is 3. The Labute approximate surface area is 142 Å². The SMILES string of the molecule is O=C(NCc1cc(-c2ccccc2)no1)N1CCC[C@H](C(F)(F)F)C1. The molecule has 0 unspecified atom stereocenters. The molecule has 2 heterocycles. The summed E-state index contributed by atoms with van der Waals surface area (Å²) >= 11 is 0. The van der Waals surface area contributed by atoms with Crippen molar-refractivity contribution in [3.05, 3.63) is 42.2 Å². The third-order valence-electron chi connectivity index (χ3n) is 4.21. The van der Waals surface area contributed by atoms with E-state index in [-0.39, 0.29) is 19.5 Å². The van der Waals surface area contributed by atoms with E-state index < -0.39 is 18.1 Å². The molecule has 1 aromatic heterocycles. The molecule has 5 nitrogen and oxygen atoms in total. The van der Waals surface area contributed by atoms with Gasteiger partial charge < -0.3 is 14.7 Å². The number of urea groups is 1. The van der Waals surface area contributed by atoms with E-state index in [9.17, 15) is 18.0 Å². The Bertz CT molecular complexity index is 715. The molecule has 0 aliphatic carbocycles. The largest absolute Gasteiger partial charge is 0.393 e. The molecule has 134 valence electrons. The predicted octanol–water partition coefficient (Wildman–Crippen LogP) is 3.83. The molecule has 0 bridgehead atoms. The summed E-state index contributed by atoms with van der Waals surface area (Å²) < 4.78 is 43.6. The van der Waals surface area contributed by atoms with Crippen LogP contribution >= 0.6 is 0 Å². The summed E-state index contributed by atoms with van der Waals surface area (Å²) in [5.74, 6) is -1.02. The van der Waals surface area contributed by atoms with Gasteiger partial charge in [0.1, 0.15) is 5.69 Å². The van der Waals surface area contributed by atoms with Crippen LogP contribution in [0.15, 0.2) is 40.9 Å². The molecule has 1 N–H and O–H groups in total. The van der Waals surface area contributed by atoms with Gasteiger partial charge in [0.15, 0.2) is 5.76 Å². The first-order valence-corrected chi connectivity index (χ1v) is 8.04. The molecule has 1 fully saturated rings. The molecule has 1 saturated heterocycles. The first-order chi connectivity index (χ1) is 11.9. The van der Waals surface area contributed by atoms with E-state index in [1.165, 1.54) is 4.90 Å². The molecule has 1 atom stereocenters. The molecule has 3 rings (SSSR count). The molecular formula is C17H18F3N3O2. The summed E-state index contributed by atoms with van der Waals surface area (Å²) in [5, 5.41) is 6.52. The van der Waals surface area contributed by atoms with Crippen molar-refractivity contribution in [1.82, 2.24) is 15.4 Å². The Morgan fingerprint density at radius 3 is 2.80 bits per heavy atom. The lowest BCUT2D eigenvalue weighted by molar-refractivity contribution is -0.184. The second-order valence-corrected chi connectivity index (χ2v) is 6.03. The molecule has 0 spiro atoms. The topological polar surface area (TPSA) is 58.4 Å². The van der Waals surface area contributed by atoms with E-state index in [1.54, 1.807) is 6.07 Å². The Morgan fingerprint density at radius 1 is 1.32 bits per heavy atom. The molecule has 2 aromatic rings. The zero-order valence-electron chi connectivity index (χ0n) is 13.4. The first kappa shape index (κ1) is 17.3. The van der Waals surface area contributed by atoms with Crippen LogP contribution in [0.4, 0.5) is 18.0 Å². The van der Waals surface area contributed by atoms with Gasteiger partial charge in [0.2, 0.25) is 0 Å². The second kappa shape index (κ2) is 7.16. The van der Waals surface area contributed by atoms with Gasteiger partial charge in [-0.25, -0.2) is 4.79 Å². The molecule has 2 amide bonds. The quantitative estimate of drug-likeness (QED) is 0.912. The molecule has 25 heavy (non-hydrogen) atoms. The normalized spacial score (nSPS) is 18.2. The highest BCUT2D eigenvalue weighted by atomic mass is 19.4. The molecule has 1 aliphatic heterocycles. The average Bonchev–Trinajstić information content (AvgIpc) is 3.09. The van der Waals surface area contributed by atoms with Gasteiger partial charge in [-0.1, -0.05) is 35.5 Å². The summed E-state index contributed by atoms with van der Waals surface area (Å²) in [6.45, 7) is 0.0942. The maximum Gasteiger partial charge on any atom is 0.393 e. The van der Waals surface area contributed by atoms with E-state index in [1.807, 2.05) is 30.3 Å². The minimum Gasteiger partial charge on any atom is -0.359 e. The lowest BCUT2D eigenvalue weighted by Crippen LogP contribution is -2.48. The number of rotatable bonds is 3. The smallest absolute Gasteiger partial charge is 0.359 e. The first-order valence-electron chi connectivity index (χ1n) is 8.04. The molecule has 8 heteroatoms. The predicted molar refractivity (Wildman–Crippen MR) is 84.5 cm³/mol. The van der Waals surface area contributed by atoms with Gasteiger partial charge in [-0.3, -0.25) is 0 Å². The van der Waals surface area contributed by atoms with Crippen LogP contribution in [-0.2, 0) is 6.54 Å². The van der Waals surface area contributed by atoms with Gasteiger partial charge in [0.25, 0.3) is 0 Å². The highest BCUT2D eigenvalue weighted by Gasteiger charge is 2.42. The van der Waals surface area contributed by atoms with Crippen LogP contribution in [0.3, 0.4) is 0 Å². The number of hydrogen-bond donors (Lipinski definition) is 1. The number of piperidine rings is 1. The lowest BCUT2D eigenvalue weighted by atomic mass is 9.98.